The number of hydrogen-bond acceptors (Lipinski definition) is 7. The third kappa shape index (κ3) is 11.1. The molecule has 0 bridgehead atoms. The Morgan fingerprint density at radius 1 is 1.00 bits per heavy atom. The molecule has 3 aromatic rings. The van der Waals surface area contributed by atoms with Crippen LogP contribution in [0.15, 0.2) is 42.6 Å². The number of nitrogens with one attached hydrogen (secondary N) is 1. The molecule has 2 aromatic carbocycles. The topological polar surface area (TPSA) is 108 Å². The molecule has 0 spiro atoms. The van der Waals surface area contributed by atoms with Gasteiger partial charge >= 0.3 is 12.4 Å². The standard InChI is InChI=1S/C38H41F8N5O4S/c1-22(35(2,3)4)49-30(53)20-54-14-8-9-15-55-29-13-11-23(16-27(29)39)33-26(37(41,42)43)17-25(19-48-33)51(36(5,6)21-52)34(56)50(7)28-12-10-24(18-47)31(32(28)40)38(44,45)46/h10-13,16-17,19,21-22H,8-9,14-15,20H2,1-7H3,(H,49,53). The highest BCUT2D eigenvalue weighted by Crippen LogP contribution is 2.41. The van der Waals surface area contributed by atoms with Gasteiger partial charge in [-0.1, -0.05) is 20.8 Å². The van der Waals surface area contributed by atoms with Crippen molar-refractivity contribution in [2.45, 2.75) is 78.3 Å². The van der Waals surface area contributed by atoms with Gasteiger partial charge in [-0.05, 0) is 87.6 Å². The molecule has 1 heterocycles. The smallest absolute Gasteiger partial charge is 0.420 e. The predicted molar refractivity (Wildman–Crippen MR) is 197 cm³/mol. The molecular formula is C38H41F8N5O4S. The van der Waals surface area contributed by atoms with Gasteiger partial charge in [-0.2, -0.15) is 31.6 Å². The lowest BCUT2D eigenvalue weighted by Crippen LogP contribution is -2.54. The number of amides is 1. The van der Waals surface area contributed by atoms with Gasteiger partial charge in [0.05, 0.1) is 52.6 Å². The van der Waals surface area contributed by atoms with Gasteiger partial charge in [-0.15, -0.1) is 0 Å². The van der Waals surface area contributed by atoms with Gasteiger partial charge in [0.15, 0.2) is 22.5 Å². The SMILES string of the molecule is CC(NC(=O)COCCCCOc1ccc(-c2ncc(N(C(=S)N(C)c3ccc(C#N)c(C(F)(F)F)c3F)C(C)(C)C=O)cc2C(F)(F)F)cc1F)C(C)(C)C. The van der Waals surface area contributed by atoms with Crippen molar-refractivity contribution in [3.63, 3.8) is 0 Å². The fourth-order valence-corrected chi connectivity index (χ4v) is 5.57. The summed E-state index contributed by atoms with van der Waals surface area (Å²) in [4.78, 5) is 29.7. The Morgan fingerprint density at radius 2 is 1.64 bits per heavy atom. The van der Waals surface area contributed by atoms with Crippen LogP contribution in [-0.2, 0) is 26.7 Å². The van der Waals surface area contributed by atoms with Crippen molar-refractivity contribution in [3.8, 4) is 23.1 Å². The van der Waals surface area contributed by atoms with Crippen molar-refractivity contribution in [2.75, 3.05) is 36.7 Å². The van der Waals surface area contributed by atoms with Crippen LogP contribution in [0.25, 0.3) is 11.3 Å². The number of unbranched alkanes of at least 4 members (excludes halogenated alkanes) is 1. The van der Waals surface area contributed by atoms with E-state index < -0.39 is 68.4 Å². The molecule has 1 atom stereocenters. The highest BCUT2D eigenvalue weighted by molar-refractivity contribution is 7.80. The van der Waals surface area contributed by atoms with Crippen molar-refractivity contribution in [1.29, 1.82) is 5.26 Å². The number of carbonyl (C=O) groups is 2. The van der Waals surface area contributed by atoms with E-state index in [-0.39, 0.29) is 48.5 Å². The summed E-state index contributed by atoms with van der Waals surface area (Å²) in [7, 11) is 1.03. The average molecular weight is 816 g/mol. The molecule has 0 fully saturated rings. The highest BCUT2D eigenvalue weighted by atomic mass is 32.1. The number of nitrogens with zero attached hydrogens (tertiary/aromatic N) is 4. The average Bonchev–Trinajstić information content (AvgIpc) is 3.09. The molecule has 0 radical (unpaired) electrons. The van der Waals surface area contributed by atoms with Crippen molar-refractivity contribution >= 4 is 40.9 Å². The van der Waals surface area contributed by atoms with Gasteiger partial charge in [0.1, 0.15) is 18.5 Å². The predicted octanol–water partition coefficient (Wildman–Crippen LogP) is 8.87. The van der Waals surface area contributed by atoms with Crippen LogP contribution in [0, 0.1) is 28.4 Å². The normalized spacial score (nSPS) is 12.8. The van der Waals surface area contributed by atoms with Crippen LogP contribution < -0.4 is 19.9 Å². The monoisotopic (exact) mass is 815 g/mol. The van der Waals surface area contributed by atoms with Crippen LogP contribution in [0.3, 0.4) is 0 Å². The number of aromatic nitrogens is 1. The summed E-state index contributed by atoms with van der Waals surface area (Å²) in [6.07, 6.45) is -8.31. The van der Waals surface area contributed by atoms with Gasteiger partial charge in [-0.25, -0.2) is 8.78 Å². The first-order chi connectivity index (χ1) is 25.8. The van der Waals surface area contributed by atoms with E-state index in [1.165, 1.54) is 19.9 Å². The second-order valence-electron chi connectivity index (χ2n) is 14.4. The van der Waals surface area contributed by atoms with Crippen molar-refractivity contribution in [3.05, 3.63) is 70.9 Å². The number of thiocarbonyl (C=S) groups is 1. The Hall–Kier alpha value is -4.89. The summed E-state index contributed by atoms with van der Waals surface area (Å²) in [5, 5.41) is 11.4. The fraction of sp³-hybridized carbons (Fsp3) is 0.447. The fourth-order valence-electron chi connectivity index (χ4n) is 5.13. The third-order valence-corrected chi connectivity index (χ3v) is 9.18. The third-order valence-electron chi connectivity index (χ3n) is 8.72. The minimum atomic E-state index is -5.29. The van der Waals surface area contributed by atoms with Gasteiger partial charge in [-0.3, -0.25) is 9.78 Å². The Balaban J connectivity index is 1.84. The number of halogens is 8. The molecular weight excluding hydrogens is 774 g/mol. The zero-order chi connectivity index (χ0) is 42.4. The van der Waals surface area contributed by atoms with E-state index in [1.54, 1.807) is 0 Å². The van der Waals surface area contributed by atoms with E-state index in [0.717, 1.165) is 42.4 Å². The Bertz CT molecular complexity index is 1960. The summed E-state index contributed by atoms with van der Waals surface area (Å²) in [6, 6.07) is 6.40. The Kier molecular flexibility index (Phi) is 14.6. The van der Waals surface area contributed by atoms with E-state index in [1.807, 2.05) is 27.7 Å². The molecule has 0 aliphatic carbocycles. The van der Waals surface area contributed by atoms with Gasteiger partial charge in [0.25, 0.3) is 0 Å². The van der Waals surface area contributed by atoms with Crippen LogP contribution in [0.2, 0.25) is 0 Å². The number of benzene rings is 2. The maximum absolute atomic E-state index is 15.3. The Morgan fingerprint density at radius 3 is 2.20 bits per heavy atom. The molecule has 3 rings (SSSR count). The second kappa shape index (κ2) is 17.9. The van der Waals surface area contributed by atoms with Gasteiger partial charge < -0.3 is 29.4 Å². The molecule has 1 amide bonds. The maximum atomic E-state index is 15.3. The van der Waals surface area contributed by atoms with E-state index in [9.17, 15) is 35.9 Å². The van der Waals surface area contributed by atoms with Gasteiger partial charge in [0, 0.05) is 25.3 Å². The molecule has 18 heteroatoms. The highest BCUT2D eigenvalue weighted by Gasteiger charge is 2.41. The lowest BCUT2D eigenvalue weighted by molar-refractivity contribution is -0.140. The molecule has 0 aliphatic heterocycles. The van der Waals surface area contributed by atoms with E-state index in [2.05, 4.69) is 10.3 Å². The van der Waals surface area contributed by atoms with Crippen LogP contribution >= 0.6 is 12.2 Å². The number of pyridine rings is 1. The largest absolute Gasteiger partial charge is 0.491 e. The van der Waals surface area contributed by atoms with E-state index in [4.69, 9.17) is 27.0 Å². The number of carbonyl (C=O) groups excluding carboxylic acids is 2. The number of aldehydes is 1. The maximum Gasteiger partial charge on any atom is 0.420 e. The molecule has 1 aromatic heterocycles. The molecule has 56 heavy (non-hydrogen) atoms. The molecule has 9 nitrogen and oxygen atoms in total. The lowest BCUT2D eigenvalue weighted by Gasteiger charge is -2.40. The summed E-state index contributed by atoms with van der Waals surface area (Å²) in [6.45, 7) is 10.5. The van der Waals surface area contributed by atoms with Crippen molar-refractivity contribution in [2.24, 2.45) is 5.41 Å². The second-order valence-corrected chi connectivity index (χ2v) is 14.7. The number of ether oxygens (including phenoxy) is 2. The van der Waals surface area contributed by atoms with E-state index in [0.29, 0.717) is 36.2 Å². The summed E-state index contributed by atoms with van der Waals surface area (Å²) >= 11 is 5.41. The van der Waals surface area contributed by atoms with Crippen LogP contribution in [0.4, 0.5) is 46.5 Å². The van der Waals surface area contributed by atoms with Crippen LogP contribution in [0.5, 0.6) is 5.75 Å². The zero-order valence-corrected chi connectivity index (χ0v) is 32.4. The summed E-state index contributed by atoms with van der Waals surface area (Å²) < 4.78 is 126. The first-order valence-electron chi connectivity index (χ1n) is 17.1. The molecule has 0 saturated carbocycles. The van der Waals surface area contributed by atoms with Crippen molar-refractivity contribution < 1.29 is 54.2 Å². The number of hydrogen-bond donors (Lipinski definition) is 1. The lowest BCUT2D eigenvalue weighted by atomic mass is 9.88. The minimum absolute atomic E-state index is 0.0359. The Labute approximate surface area is 324 Å². The number of nitriles is 1. The van der Waals surface area contributed by atoms with Gasteiger partial charge in [0.2, 0.25) is 5.91 Å². The number of rotatable bonds is 14. The summed E-state index contributed by atoms with van der Waals surface area (Å²) in [5.41, 5.74) is -8.41. The molecule has 0 aliphatic rings. The van der Waals surface area contributed by atoms with Crippen LogP contribution in [0.1, 0.15) is 71.1 Å². The first-order valence-corrected chi connectivity index (χ1v) is 17.5. The molecule has 304 valence electrons. The number of anilines is 2. The quantitative estimate of drug-likeness (QED) is 0.0739. The molecule has 1 unspecified atom stereocenters. The van der Waals surface area contributed by atoms with Crippen LogP contribution in [-0.4, -0.2) is 60.7 Å². The van der Waals surface area contributed by atoms with Crippen molar-refractivity contribution in [1.82, 2.24) is 10.3 Å². The minimum Gasteiger partial charge on any atom is -0.491 e. The molecule has 1 N–H and O–H groups in total. The summed E-state index contributed by atoms with van der Waals surface area (Å²) in [5.74, 6) is -3.37. The molecule has 0 saturated heterocycles. The first kappa shape index (κ1) is 45.5. The zero-order valence-electron chi connectivity index (χ0n) is 31.6. The van der Waals surface area contributed by atoms with E-state index >= 15 is 8.78 Å². The number of alkyl halides is 6.